The second kappa shape index (κ2) is 4.81. The SMILES string of the molecule is Cc1cc([C@@H]2CCCN2C(=O)c2cc(C)oc2C)on1. The van der Waals surface area contributed by atoms with Crippen LogP contribution in [0.5, 0.6) is 0 Å². The predicted octanol–water partition coefficient (Wildman–Crippen LogP) is 3.17. The van der Waals surface area contributed by atoms with Crippen molar-refractivity contribution in [1.82, 2.24) is 10.1 Å². The Morgan fingerprint density at radius 1 is 1.35 bits per heavy atom. The molecule has 3 rings (SSSR count). The monoisotopic (exact) mass is 274 g/mol. The van der Waals surface area contributed by atoms with Crippen molar-refractivity contribution in [3.63, 3.8) is 0 Å². The molecule has 2 aromatic heterocycles. The molecule has 106 valence electrons. The van der Waals surface area contributed by atoms with Gasteiger partial charge < -0.3 is 13.8 Å². The molecule has 0 aromatic carbocycles. The number of hydrogen-bond donors (Lipinski definition) is 0. The predicted molar refractivity (Wildman–Crippen MR) is 72.4 cm³/mol. The Morgan fingerprint density at radius 2 is 2.15 bits per heavy atom. The van der Waals surface area contributed by atoms with Crippen LogP contribution in [0.3, 0.4) is 0 Å². The highest BCUT2D eigenvalue weighted by atomic mass is 16.5. The van der Waals surface area contributed by atoms with Crippen LogP contribution >= 0.6 is 0 Å². The Labute approximate surface area is 117 Å². The van der Waals surface area contributed by atoms with E-state index in [2.05, 4.69) is 5.16 Å². The number of carbonyl (C=O) groups excluding carboxylic acids is 1. The van der Waals surface area contributed by atoms with E-state index in [4.69, 9.17) is 8.94 Å². The lowest BCUT2D eigenvalue weighted by atomic mass is 10.1. The lowest BCUT2D eigenvalue weighted by Gasteiger charge is -2.22. The number of likely N-dealkylation sites (tertiary alicyclic amines) is 1. The second-order valence-electron chi connectivity index (χ2n) is 5.35. The molecule has 5 heteroatoms. The third kappa shape index (κ3) is 2.13. The number of furan rings is 1. The fourth-order valence-corrected chi connectivity index (χ4v) is 2.84. The molecule has 0 spiro atoms. The first-order valence-electron chi connectivity index (χ1n) is 6.87. The summed E-state index contributed by atoms with van der Waals surface area (Å²) in [6.45, 7) is 6.31. The number of carbonyl (C=O) groups is 1. The van der Waals surface area contributed by atoms with Gasteiger partial charge in [0.15, 0.2) is 5.76 Å². The van der Waals surface area contributed by atoms with Gasteiger partial charge in [-0.2, -0.15) is 0 Å². The number of aryl methyl sites for hydroxylation is 3. The van der Waals surface area contributed by atoms with Crippen LogP contribution in [0.25, 0.3) is 0 Å². The first-order chi connectivity index (χ1) is 9.56. The normalized spacial score (nSPS) is 18.8. The average Bonchev–Trinajstić information content (AvgIpc) is 3.08. The lowest BCUT2D eigenvalue weighted by Crippen LogP contribution is -2.30. The highest BCUT2D eigenvalue weighted by Crippen LogP contribution is 2.34. The molecule has 0 aliphatic carbocycles. The van der Waals surface area contributed by atoms with Crippen LogP contribution in [0.4, 0.5) is 0 Å². The van der Waals surface area contributed by atoms with Crippen LogP contribution in [-0.2, 0) is 0 Å². The molecule has 1 fully saturated rings. The topological polar surface area (TPSA) is 59.5 Å². The van der Waals surface area contributed by atoms with Crippen LogP contribution in [0.1, 0.15) is 52.2 Å². The smallest absolute Gasteiger partial charge is 0.258 e. The van der Waals surface area contributed by atoms with E-state index < -0.39 is 0 Å². The Balaban J connectivity index is 1.89. The van der Waals surface area contributed by atoms with Crippen molar-refractivity contribution >= 4 is 5.91 Å². The fraction of sp³-hybridized carbons (Fsp3) is 0.467. The zero-order valence-electron chi connectivity index (χ0n) is 12.0. The number of nitrogens with zero attached hydrogens (tertiary/aromatic N) is 2. The van der Waals surface area contributed by atoms with Crippen LogP contribution in [0, 0.1) is 20.8 Å². The van der Waals surface area contributed by atoms with Gasteiger partial charge in [0, 0.05) is 12.6 Å². The van der Waals surface area contributed by atoms with Gasteiger partial charge in [-0.25, -0.2) is 0 Å². The van der Waals surface area contributed by atoms with E-state index in [1.54, 1.807) is 6.07 Å². The summed E-state index contributed by atoms with van der Waals surface area (Å²) in [6, 6.07) is 3.70. The third-order valence-corrected chi connectivity index (χ3v) is 3.76. The minimum atomic E-state index is -0.0155. The van der Waals surface area contributed by atoms with Crippen molar-refractivity contribution in [2.75, 3.05) is 6.54 Å². The molecule has 0 N–H and O–H groups in total. The molecule has 1 amide bonds. The highest BCUT2D eigenvalue weighted by Gasteiger charge is 2.34. The molecule has 1 atom stereocenters. The zero-order chi connectivity index (χ0) is 14.3. The summed E-state index contributed by atoms with van der Waals surface area (Å²) in [5, 5.41) is 3.92. The van der Waals surface area contributed by atoms with Crippen LogP contribution in [0.2, 0.25) is 0 Å². The third-order valence-electron chi connectivity index (χ3n) is 3.76. The van der Waals surface area contributed by atoms with E-state index in [1.807, 2.05) is 31.7 Å². The molecule has 1 saturated heterocycles. The van der Waals surface area contributed by atoms with Crippen molar-refractivity contribution in [3.05, 3.63) is 40.7 Å². The summed E-state index contributed by atoms with van der Waals surface area (Å²) in [4.78, 5) is 14.5. The molecular formula is C15H18N2O3. The van der Waals surface area contributed by atoms with Crippen LogP contribution in [-0.4, -0.2) is 22.5 Å². The molecule has 0 saturated carbocycles. The van der Waals surface area contributed by atoms with Gasteiger partial charge in [-0.3, -0.25) is 4.79 Å². The summed E-state index contributed by atoms with van der Waals surface area (Å²) in [5.74, 6) is 2.21. The summed E-state index contributed by atoms with van der Waals surface area (Å²) in [5.41, 5.74) is 1.49. The van der Waals surface area contributed by atoms with Crippen LogP contribution < -0.4 is 0 Å². The summed E-state index contributed by atoms with van der Waals surface area (Å²) in [7, 11) is 0. The van der Waals surface area contributed by atoms with Crippen molar-refractivity contribution in [2.24, 2.45) is 0 Å². The summed E-state index contributed by atoms with van der Waals surface area (Å²) < 4.78 is 10.8. The largest absolute Gasteiger partial charge is 0.466 e. The molecule has 1 aliphatic rings. The van der Waals surface area contributed by atoms with E-state index in [1.165, 1.54) is 0 Å². The number of hydrogen-bond acceptors (Lipinski definition) is 4. The van der Waals surface area contributed by atoms with Crippen molar-refractivity contribution in [1.29, 1.82) is 0 Å². The van der Waals surface area contributed by atoms with Gasteiger partial charge in [-0.15, -0.1) is 0 Å². The van der Waals surface area contributed by atoms with Gasteiger partial charge in [0.05, 0.1) is 17.3 Å². The zero-order valence-corrected chi connectivity index (χ0v) is 12.0. The first kappa shape index (κ1) is 13.0. The van der Waals surface area contributed by atoms with Gasteiger partial charge in [-0.1, -0.05) is 5.16 Å². The standard InChI is InChI=1S/C15H18N2O3/c1-9-7-14(20-16-9)13-5-4-6-17(13)15(18)12-8-10(2)19-11(12)3/h7-8,13H,4-6H2,1-3H3/t13-/m0/s1. The molecule has 1 aliphatic heterocycles. The summed E-state index contributed by atoms with van der Waals surface area (Å²) >= 11 is 0. The van der Waals surface area contributed by atoms with Crippen molar-refractivity contribution in [3.8, 4) is 0 Å². The minimum absolute atomic E-state index is 0.0101. The van der Waals surface area contributed by atoms with Gasteiger partial charge in [-0.05, 0) is 39.7 Å². The van der Waals surface area contributed by atoms with E-state index in [0.29, 0.717) is 11.3 Å². The van der Waals surface area contributed by atoms with Crippen molar-refractivity contribution in [2.45, 2.75) is 39.7 Å². The van der Waals surface area contributed by atoms with E-state index in [9.17, 15) is 4.79 Å². The Morgan fingerprint density at radius 3 is 2.75 bits per heavy atom. The molecule has 2 aromatic rings. The molecular weight excluding hydrogens is 256 g/mol. The van der Waals surface area contributed by atoms with Gasteiger partial charge in [0.1, 0.15) is 11.5 Å². The van der Waals surface area contributed by atoms with E-state index in [0.717, 1.165) is 36.6 Å². The maximum Gasteiger partial charge on any atom is 0.258 e. The van der Waals surface area contributed by atoms with Gasteiger partial charge in [0.25, 0.3) is 5.91 Å². The van der Waals surface area contributed by atoms with Gasteiger partial charge in [0.2, 0.25) is 0 Å². The van der Waals surface area contributed by atoms with Crippen LogP contribution in [0.15, 0.2) is 21.1 Å². The minimum Gasteiger partial charge on any atom is -0.466 e. The molecule has 0 unspecified atom stereocenters. The Bertz CT molecular complexity index is 641. The molecule has 0 bridgehead atoms. The molecule has 20 heavy (non-hydrogen) atoms. The second-order valence-corrected chi connectivity index (χ2v) is 5.35. The molecule has 0 radical (unpaired) electrons. The van der Waals surface area contributed by atoms with E-state index >= 15 is 0 Å². The maximum atomic E-state index is 12.7. The fourth-order valence-electron chi connectivity index (χ4n) is 2.84. The first-order valence-corrected chi connectivity index (χ1v) is 6.87. The molecule has 5 nitrogen and oxygen atoms in total. The van der Waals surface area contributed by atoms with Crippen molar-refractivity contribution < 1.29 is 13.7 Å². The van der Waals surface area contributed by atoms with E-state index in [-0.39, 0.29) is 11.9 Å². The lowest BCUT2D eigenvalue weighted by molar-refractivity contribution is 0.0713. The maximum absolute atomic E-state index is 12.7. The average molecular weight is 274 g/mol. The van der Waals surface area contributed by atoms with Gasteiger partial charge >= 0.3 is 0 Å². The number of aromatic nitrogens is 1. The summed E-state index contributed by atoms with van der Waals surface area (Å²) in [6.07, 6.45) is 1.89. The number of rotatable bonds is 2. The quantitative estimate of drug-likeness (QED) is 0.844. The Hall–Kier alpha value is -2.04. The highest BCUT2D eigenvalue weighted by molar-refractivity contribution is 5.95. The number of amides is 1. The Kier molecular flexibility index (Phi) is 3.12. The molecule has 3 heterocycles.